The van der Waals surface area contributed by atoms with Gasteiger partial charge in [-0.05, 0) is 58.3 Å². The Morgan fingerprint density at radius 3 is 2.72 bits per heavy atom. The Kier molecular flexibility index (Phi) is 5.58. The van der Waals surface area contributed by atoms with Crippen molar-refractivity contribution in [2.45, 2.75) is 30.1 Å². The number of benzene rings is 1. The third-order valence-electron chi connectivity index (χ3n) is 4.03. The van der Waals surface area contributed by atoms with Gasteiger partial charge in [-0.3, -0.25) is 10.1 Å². The van der Waals surface area contributed by atoms with E-state index in [0.717, 1.165) is 17.0 Å². The molecule has 4 rings (SSSR count). The van der Waals surface area contributed by atoms with Crippen LogP contribution in [-0.2, 0) is 13.0 Å². The minimum Gasteiger partial charge on any atom is -0.258 e. The Balaban J connectivity index is 1.62. The zero-order valence-electron chi connectivity index (χ0n) is 15.3. The molecule has 0 bridgehead atoms. The molecule has 0 unspecified atom stereocenters. The Morgan fingerprint density at radius 1 is 1.21 bits per heavy atom. The highest BCUT2D eigenvalue weighted by atomic mass is 32.2. The highest BCUT2D eigenvalue weighted by Crippen LogP contribution is 2.28. The minimum atomic E-state index is -0.429. The molecule has 11 heteroatoms. The van der Waals surface area contributed by atoms with Crippen molar-refractivity contribution in [1.29, 1.82) is 0 Å². The molecular formula is C18H15N7O2S2. The molecule has 4 aromatic rings. The number of hydrogen-bond donors (Lipinski definition) is 0. The predicted octanol–water partition coefficient (Wildman–Crippen LogP) is 3.86. The van der Waals surface area contributed by atoms with Crippen LogP contribution < -0.4 is 0 Å². The van der Waals surface area contributed by atoms with Crippen LogP contribution in [0.4, 0.5) is 5.69 Å². The Bertz CT molecular complexity index is 1130. The molecule has 0 saturated heterocycles. The highest BCUT2D eigenvalue weighted by molar-refractivity contribution is 7.99. The zero-order valence-corrected chi connectivity index (χ0v) is 16.9. The third-order valence-corrected chi connectivity index (χ3v) is 5.79. The highest BCUT2D eigenvalue weighted by Gasteiger charge is 2.14. The average molecular weight is 425 g/mol. The number of nitro benzene ring substituents is 1. The van der Waals surface area contributed by atoms with Gasteiger partial charge in [-0.15, -0.1) is 16.4 Å². The van der Waals surface area contributed by atoms with Crippen molar-refractivity contribution < 1.29 is 4.92 Å². The number of aromatic nitrogens is 6. The van der Waals surface area contributed by atoms with Gasteiger partial charge in [-0.25, -0.2) is 14.6 Å². The second-order valence-corrected chi connectivity index (χ2v) is 8.00. The minimum absolute atomic E-state index is 0.0303. The Labute approximate surface area is 174 Å². The van der Waals surface area contributed by atoms with Gasteiger partial charge in [0.25, 0.3) is 5.69 Å². The quantitative estimate of drug-likeness (QED) is 0.249. The summed E-state index contributed by atoms with van der Waals surface area (Å²) in [5, 5.41) is 26.2. The van der Waals surface area contributed by atoms with Crippen molar-refractivity contribution in [3.8, 4) is 11.4 Å². The number of aryl methyl sites for hydroxylation is 1. The molecular weight excluding hydrogens is 410 g/mol. The molecule has 0 amide bonds. The molecule has 0 radical (unpaired) electrons. The van der Waals surface area contributed by atoms with Crippen LogP contribution in [0.3, 0.4) is 0 Å². The van der Waals surface area contributed by atoms with E-state index in [1.165, 1.54) is 23.9 Å². The topological polar surface area (TPSA) is 113 Å². The van der Waals surface area contributed by atoms with E-state index in [0.29, 0.717) is 28.1 Å². The predicted molar refractivity (Wildman–Crippen MR) is 109 cm³/mol. The van der Waals surface area contributed by atoms with Crippen LogP contribution in [0.1, 0.15) is 17.5 Å². The maximum atomic E-state index is 10.9. The molecule has 29 heavy (non-hydrogen) atoms. The van der Waals surface area contributed by atoms with Crippen molar-refractivity contribution in [2.24, 2.45) is 0 Å². The number of hydrogen-bond acceptors (Lipinski definition) is 9. The second-order valence-electron chi connectivity index (χ2n) is 5.98. The molecule has 1 aromatic carbocycles. The van der Waals surface area contributed by atoms with Crippen LogP contribution in [0, 0.1) is 10.1 Å². The monoisotopic (exact) mass is 425 g/mol. The van der Waals surface area contributed by atoms with Gasteiger partial charge in [0.1, 0.15) is 5.03 Å². The molecule has 0 saturated carbocycles. The van der Waals surface area contributed by atoms with Crippen LogP contribution in [0.25, 0.3) is 11.4 Å². The smallest absolute Gasteiger partial charge is 0.258 e. The van der Waals surface area contributed by atoms with Crippen molar-refractivity contribution >= 4 is 28.8 Å². The summed E-state index contributed by atoms with van der Waals surface area (Å²) in [5.41, 5.74) is 1.61. The van der Waals surface area contributed by atoms with Gasteiger partial charge < -0.3 is 0 Å². The van der Waals surface area contributed by atoms with E-state index in [-0.39, 0.29) is 5.69 Å². The summed E-state index contributed by atoms with van der Waals surface area (Å²) in [7, 11) is 0. The molecule has 0 aliphatic carbocycles. The first-order chi connectivity index (χ1) is 14.1. The van der Waals surface area contributed by atoms with Gasteiger partial charge in [0.15, 0.2) is 5.82 Å². The largest absolute Gasteiger partial charge is 0.269 e. The van der Waals surface area contributed by atoms with E-state index in [1.807, 2.05) is 30.5 Å². The summed E-state index contributed by atoms with van der Waals surface area (Å²) in [5.74, 6) is 0.513. The first-order valence-corrected chi connectivity index (χ1v) is 10.4. The van der Waals surface area contributed by atoms with Gasteiger partial charge >= 0.3 is 0 Å². The first-order valence-electron chi connectivity index (χ1n) is 8.71. The van der Waals surface area contributed by atoms with Crippen LogP contribution in [-0.4, -0.2) is 35.1 Å². The molecule has 0 atom stereocenters. The molecule has 0 aliphatic heterocycles. The average Bonchev–Trinajstić information content (AvgIpc) is 3.40. The number of non-ortho nitro benzene ring substituents is 1. The van der Waals surface area contributed by atoms with Gasteiger partial charge in [-0.2, -0.15) is 0 Å². The summed E-state index contributed by atoms with van der Waals surface area (Å²) in [6.45, 7) is 2.60. The van der Waals surface area contributed by atoms with Gasteiger partial charge in [0.2, 0.25) is 5.16 Å². The first kappa shape index (κ1) is 19.2. The molecule has 3 heterocycles. The molecule has 0 N–H and O–H groups in total. The SMILES string of the molecule is CCc1cc(Sc2nnnn2Cc2cccs2)nc(-c2ccc([N+](=O)[O-])cc2)n1. The van der Waals surface area contributed by atoms with E-state index >= 15 is 0 Å². The van der Waals surface area contributed by atoms with Crippen LogP contribution in [0.15, 0.2) is 58.0 Å². The summed E-state index contributed by atoms with van der Waals surface area (Å²) in [6.07, 6.45) is 0.732. The lowest BCUT2D eigenvalue weighted by Crippen LogP contribution is -2.03. The van der Waals surface area contributed by atoms with Crippen molar-refractivity contribution in [3.05, 3.63) is 68.5 Å². The van der Waals surface area contributed by atoms with Gasteiger partial charge in [0.05, 0.1) is 11.5 Å². The van der Waals surface area contributed by atoms with E-state index in [1.54, 1.807) is 28.2 Å². The lowest BCUT2D eigenvalue weighted by molar-refractivity contribution is -0.384. The van der Waals surface area contributed by atoms with Crippen LogP contribution in [0.2, 0.25) is 0 Å². The molecule has 9 nitrogen and oxygen atoms in total. The number of tetrazole rings is 1. The van der Waals surface area contributed by atoms with Crippen LogP contribution in [0.5, 0.6) is 0 Å². The fraction of sp³-hybridized carbons (Fsp3) is 0.167. The summed E-state index contributed by atoms with van der Waals surface area (Å²) >= 11 is 3.01. The number of rotatable bonds is 7. The Morgan fingerprint density at radius 2 is 2.03 bits per heavy atom. The second kappa shape index (κ2) is 8.45. The summed E-state index contributed by atoms with van der Waals surface area (Å²) in [4.78, 5) is 20.8. The lowest BCUT2D eigenvalue weighted by atomic mass is 10.2. The maximum Gasteiger partial charge on any atom is 0.269 e. The van der Waals surface area contributed by atoms with E-state index < -0.39 is 4.92 Å². The van der Waals surface area contributed by atoms with Crippen molar-refractivity contribution in [1.82, 2.24) is 30.2 Å². The number of nitro groups is 1. The van der Waals surface area contributed by atoms with Crippen LogP contribution >= 0.6 is 23.1 Å². The number of nitrogens with zero attached hydrogens (tertiary/aromatic N) is 7. The van der Waals surface area contributed by atoms with Gasteiger partial charge in [-0.1, -0.05) is 13.0 Å². The normalized spacial score (nSPS) is 10.9. The van der Waals surface area contributed by atoms with Crippen molar-refractivity contribution in [3.63, 3.8) is 0 Å². The van der Waals surface area contributed by atoms with Crippen molar-refractivity contribution in [2.75, 3.05) is 0 Å². The Hall–Kier alpha value is -3.18. The van der Waals surface area contributed by atoms with Gasteiger partial charge in [0, 0.05) is 28.3 Å². The van der Waals surface area contributed by atoms with E-state index in [9.17, 15) is 10.1 Å². The molecule has 146 valence electrons. The molecule has 0 aliphatic rings. The summed E-state index contributed by atoms with van der Waals surface area (Å²) in [6, 6.07) is 12.1. The molecule has 0 fully saturated rings. The molecule has 3 aromatic heterocycles. The number of thiophene rings is 1. The summed E-state index contributed by atoms with van der Waals surface area (Å²) < 4.78 is 1.73. The molecule has 0 spiro atoms. The third kappa shape index (κ3) is 4.46. The van der Waals surface area contributed by atoms with E-state index in [2.05, 4.69) is 25.5 Å². The standard InChI is InChI=1S/C18H15N7O2S2/c1-2-13-10-16(20-17(19-13)12-5-7-14(8-6-12)25(26)27)29-18-21-22-23-24(18)11-15-4-3-9-28-15/h3-10H,2,11H2,1H3. The van der Waals surface area contributed by atoms with E-state index in [4.69, 9.17) is 0 Å². The fourth-order valence-corrected chi connectivity index (χ4v) is 4.06. The fourth-order valence-electron chi connectivity index (χ4n) is 2.58. The zero-order chi connectivity index (χ0) is 20.2. The maximum absolute atomic E-state index is 10.9. The lowest BCUT2D eigenvalue weighted by Gasteiger charge is -2.07.